The Labute approximate surface area is 203 Å². The lowest BCUT2D eigenvalue weighted by atomic mass is 9.84. The van der Waals surface area contributed by atoms with Gasteiger partial charge >= 0.3 is 0 Å². The van der Waals surface area contributed by atoms with Crippen LogP contribution in [0.25, 0.3) is 11.4 Å². The fourth-order valence-corrected chi connectivity index (χ4v) is 4.72. The van der Waals surface area contributed by atoms with Crippen molar-refractivity contribution in [2.24, 2.45) is 0 Å². The summed E-state index contributed by atoms with van der Waals surface area (Å²) in [6, 6.07) is 27.5. The molecule has 0 spiro atoms. The Bertz CT molecular complexity index is 1360. The number of aryl methyl sites for hydroxylation is 2. The second kappa shape index (κ2) is 8.72. The van der Waals surface area contributed by atoms with E-state index in [2.05, 4.69) is 0 Å². The molecule has 4 N–H and O–H groups in total. The van der Waals surface area contributed by atoms with Gasteiger partial charge in [0.2, 0.25) is 0 Å². The molecule has 2 heterocycles. The standard InChI is InChI=1S/C27H25ClN6/c1-17-23(26(29)33(31-17)21-12-5-3-6-13-21)25(19-10-9-11-20(28)16-19)24-18(2)32-34(27(24)30)22-14-7-4-8-15-22/h3-16,25H,29-30H2,1-2H3. The minimum absolute atomic E-state index is 0.298. The molecule has 0 aliphatic carbocycles. The van der Waals surface area contributed by atoms with Crippen LogP contribution in [0.2, 0.25) is 5.02 Å². The SMILES string of the molecule is Cc1nn(-c2ccccc2)c(N)c1C(c1cccc(Cl)c1)c1c(C)nn(-c2ccccc2)c1N. The van der Waals surface area contributed by atoms with Crippen LogP contribution in [-0.2, 0) is 0 Å². The van der Waals surface area contributed by atoms with Gasteiger partial charge in [-0.15, -0.1) is 0 Å². The van der Waals surface area contributed by atoms with Gasteiger partial charge in [0.15, 0.2) is 0 Å². The first kappa shape index (κ1) is 21.8. The van der Waals surface area contributed by atoms with E-state index in [1.165, 1.54) is 0 Å². The van der Waals surface area contributed by atoms with Crippen molar-refractivity contribution in [3.05, 3.63) is 118 Å². The molecule has 0 fully saturated rings. The number of benzene rings is 3. The fraction of sp³-hybridized carbons (Fsp3) is 0.111. The van der Waals surface area contributed by atoms with Gasteiger partial charge in [0, 0.05) is 22.1 Å². The minimum Gasteiger partial charge on any atom is -0.383 e. The Morgan fingerprint density at radius 1 is 0.676 bits per heavy atom. The first-order valence-electron chi connectivity index (χ1n) is 11.0. The molecule has 0 aliphatic rings. The average Bonchev–Trinajstić information content (AvgIpc) is 3.31. The van der Waals surface area contributed by atoms with Gasteiger partial charge in [-0.05, 0) is 55.8 Å². The van der Waals surface area contributed by atoms with Crippen molar-refractivity contribution in [2.75, 3.05) is 11.5 Å². The zero-order valence-corrected chi connectivity index (χ0v) is 19.7. The molecule has 170 valence electrons. The number of anilines is 2. The predicted molar refractivity (Wildman–Crippen MR) is 138 cm³/mol. The molecule has 0 aliphatic heterocycles. The number of rotatable bonds is 5. The van der Waals surface area contributed by atoms with Crippen LogP contribution in [0.3, 0.4) is 0 Å². The van der Waals surface area contributed by atoms with Crippen LogP contribution in [-0.4, -0.2) is 19.6 Å². The number of aromatic nitrogens is 4. The van der Waals surface area contributed by atoms with Gasteiger partial charge in [-0.25, -0.2) is 9.36 Å². The maximum absolute atomic E-state index is 6.77. The number of hydrogen-bond donors (Lipinski definition) is 2. The Hall–Kier alpha value is -4.03. The minimum atomic E-state index is -0.298. The van der Waals surface area contributed by atoms with E-state index >= 15 is 0 Å². The lowest BCUT2D eigenvalue weighted by Crippen LogP contribution is -2.11. The molecule has 6 nitrogen and oxygen atoms in total. The lowest BCUT2D eigenvalue weighted by molar-refractivity contribution is 0.871. The summed E-state index contributed by atoms with van der Waals surface area (Å²) < 4.78 is 3.55. The summed E-state index contributed by atoms with van der Waals surface area (Å²) >= 11 is 6.42. The Morgan fingerprint density at radius 3 is 1.59 bits per heavy atom. The van der Waals surface area contributed by atoms with Gasteiger partial charge in [0.05, 0.1) is 22.8 Å². The first-order valence-corrected chi connectivity index (χ1v) is 11.4. The lowest BCUT2D eigenvalue weighted by Gasteiger charge is -2.20. The molecule has 7 heteroatoms. The fourth-order valence-electron chi connectivity index (χ4n) is 4.52. The van der Waals surface area contributed by atoms with E-state index in [0.29, 0.717) is 16.7 Å². The van der Waals surface area contributed by atoms with Gasteiger partial charge in [-0.1, -0.05) is 60.1 Å². The molecule has 0 saturated carbocycles. The zero-order valence-electron chi connectivity index (χ0n) is 19.0. The molecule has 0 amide bonds. The molecule has 0 bridgehead atoms. The van der Waals surface area contributed by atoms with Crippen LogP contribution >= 0.6 is 11.6 Å². The van der Waals surface area contributed by atoms with E-state index in [1.807, 2.05) is 98.8 Å². The smallest absolute Gasteiger partial charge is 0.131 e. The van der Waals surface area contributed by atoms with E-state index in [9.17, 15) is 0 Å². The maximum Gasteiger partial charge on any atom is 0.131 e. The molecule has 34 heavy (non-hydrogen) atoms. The summed E-state index contributed by atoms with van der Waals surface area (Å²) in [5, 5.41) is 10.2. The quantitative estimate of drug-likeness (QED) is 0.347. The molecule has 5 rings (SSSR count). The van der Waals surface area contributed by atoms with Crippen LogP contribution in [0.15, 0.2) is 84.9 Å². The molecule has 5 aromatic rings. The number of halogens is 1. The number of nitrogen functional groups attached to an aromatic ring is 2. The molecule has 2 aromatic heterocycles. The molecule has 0 unspecified atom stereocenters. The highest BCUT2D eigenvalue weighted by molar-refractivity contribution is 6.30. The summed E-state index contributed by atoms with van der Waals surface area (Å²) in [5.74, 6) is 0.813. The van der Waals surface area contributed by atoms with Crippen LogP contribution in [0.5, 0.6) is 0 Å². The zero-order chi connectivity index (χ0) is 23.8. The largest absolute Gasteiger partial charge is 0.383 e. The summed E-state index contributed by atoms with van der Waals surface area (Å²) in [7, 11) is 0. The van der Waals surface area contributed by atoms with Crippen molar-refractivity contribution in [1.29, 1.82) is 0 Å². The topological polar surface area (TPSA) is 87.7 Å². The van der Waals surface area contributed by atoms with E-state index in [1.54, 1.807) is 9.36 Å². The van der Waals surface area contributed by atoms with Crippen LogP contribution < -0.4 is 11.5 Å². The Morgan fingerprint density at radius 2 is 1.15 bits per heavy atom. The summed E-state index contributed by atoms with van der Waals surface area (Å²) in [6.45, 7) is 3.94. The van der Waals surface area contributed by atoms with Crippen LogP contribution in [0.4, 0.5) is 11.6 Å². The van der Waals surface area contributed by atoms with E-state index in [-0.39, 0.29) is 5.92 Å². The molecule has 0 atom stereocenters. The van der Waals surface area contributed by atoms with Crippen molar-refractivity contribution in [3.63, 3.8) is 0 Å². The first-order chi connectivity index (χ1) is 16.5. The number of nitrogens with zero attached hydrogens (tertiary/aromatic N) is 4. The summed E-state index contributed by atoms with van der Waals surface area (Å²) in [6.07, 6.45) is 0. The van der Waals surface area contributed by atoms with Gasteiger partial charge < -0.3 is 11.5 Å². The molecule has 0 saturated heterocycles. The number of nitrogens with two attached hydrogens (primary N) is 2. The van der Waals surface area contributed by atoms with Crippen molar-refractivity contribution < 1.29 is 0 Å². The highest BCUT2D eigenvalue weighted by Gasteiger charge is 2.31. The third-order valence-electron chi connectivity index (χ3n) is 6.05. The molecular formula is C27H25ClN6. The van der Waals surface area contributed by atoms with Crippen molar-refractivity contribution in [3.8, 4) is 11.4 Å². The van der Waals surface area contributed by atoms with E-state index < -0.39 is 0 Å². The number of para-hydroxylation sites is 2. The van der Waals surface area contributed by atoms with Crippen molar-refractivity contribution in [1.82, 2.24) is 19.6 Å². The molecule has 0 radical (unpaired) electrons. The second-order valence-corrected chi connectivity index (χ2v) is 8.69. The van der Waals surface area contributed by atoms with Gasteiger partial charge in [0.25, 0.3) is 0 Å². The van der Waals surface area contributed by atoms with Gasteiger partial charge in [-0.3, -0.25) is 0 Å². The van der Waals surface area contributed by atoms with Gasteiger partial charge in [0.1, 0.15) is 11.6 Å². The van der Waals surface area contributed by atoms with Crippen molar-refractivity contribution >= 4 is 23.2 Å². The van der Waals surface area contributed by atoms with Gasteiger partial charge in [-0.2, -0.15) is 10.2 Å². The summed E-state index contributed by atoms with van der Waals surface area (Å²) in [4.78, 5) is 0. The third-order valence-corrected chi connectivity index (χ3v) is 6.28. The third kappa shape index (κ3) is 3.72. The number of hydrogen-bond acceptors (Lipinski definition) is 4. The highest BCUT2D eigenvalue weighted by Crippen LogP contribution is 2.42. The monoisotopic (exact) mass is 468 g/mol. The average molecular weight is 469 g/mol. The molecule has 3 aromatic carbocycles. The predicted octanol–water partition coefficient (Wildman–Crippen LogP) is 5.67. The summed E-state index contributed by atoms with van der Waals surface area (Å²) in [5.41, 5.74) is 19.7. The molecular weight excluding hydrogens is 444 g/mol. The van der Waals surface area contributed by atoms with E-state index in [4.69, 9.17) is 33.3 Å². The Balaban J connectivity index is 1.76. The van der Waals surface area contributed by atoms with E-state index in [0.717, 1.165) is 39.5 Å². The maximum atomic E-state index is 6.77. The van der Waals surface area contributed by atoms with Crippen LogP contribution in [0.1, 0.15) is 34.0 Å². The second-order valence-electron chi connectivity index (χ2n) is 8.25. The Kier molecular flexibility index (Phi) is 5.59. The van der Waals surface area contributed by atoms with Crippen molar-refractivity contribution in [2.45, 2.75) is 19.8 Å². The normalized spacial score (nSPS) is 11.3. The highest BCUT2D eigenvalue weighted by atomic mass is 35.5. The van der Waals surface area contributed by atoms with Crippen LogP contribution in [0, 0.1) is 13.8 Å².